The zero-order valence-electron chi connectivity index (χ0n) is 14.0. The van der Waals surface area contributed by atoms with E-state index in [0.717, 1.165) is 35.3 Å². The summed E-state index contributed by atoms with van der Waals surface area (Å²) in [6.07, 6.45) is 6.21. The fourth-order valence-electron chi connectivity index (χ4n) is 3.11. The summed E-state index contributed by atoms with van der Waals surface area (Å²) in [6.45, 7) is 6.90. The van der Waals surface area contributed by atoms with Crippen LogP contribution in [0.1, 0.15) is 51.6 Å². The molecule has 5 heteroatoms. The predicted molar refractivity (Wildman–Crippen MR) is 90.5 cm³/mol. The molecule has 1 aromatic carbocycles. The highest BCUT2D eigenvalue weighted by molar-refractivity contribution is 5.77. The second-order valence-electron chi connectivity index (χ2n) is 6.72. The van der Waals surface area contributed by atoms with E-state index in [4.69, 9.17) is 4.74 Å². The van der Waals surface area contributed by atoms with Gasteiger partial charge in [0.15, 0.2) is 0 Å². The van der Waals surface area contributed by atoms with Crippen molar-refractivity contribution in [2.45, 2.75) is 57.8 Å². The Hall–Kier alpha value is -1.72. The lowest BCUT2D eigenvalue weighted by molar-refractivity contribution is -0.0643. The Morgan fingerprint density at radius 1 is 1.17 bits per heavy atom. The first kappa shape index (κ1) is 16.1. The third-order valence-corrected chi connectivity index (χ3v) is 4.48. The Labute approximate surface area is 137 Å². The minimum absolute atomic E-state index is 0.156. The Balaban J connectivity index is 1.96. The summed E-state index contributed by atoms with van der Waals surface area (Å²) in [5.41, 5.74) is 1.94. The van der Waals surface area contributed by atoms with Crippen LogP contribution in [0.15, 0.2) is 24.5 Å². The molecule has 1 aliphatic rings. The minimum Gasteiger partial charge on any atom is -0.485 e. The fourth-order valence-corrected chi connectivity index (χ4v) is 3.11. The summed E-state index contributed by atoms with van der Waals surface area (Å²) in [5, 5.41) is 14.3. The predicted octanol–water partition coefficient (Wildman–Crippen LogP) is 2.98. The quantitative estimate of drug-likeness (QED) is 0.830. The molecule has 23 heavy (non-hydrogen) atoms. The van der Waals surface area contributed by atoms with Crippen LogP contribution in [0.4, 0.5) is 0 Å². The second kappa shape index (κ2) is 6.42. The highest BCUT2D eigenvalue weighted by Crippen LogP contribution is 2.41. The van der Waals surface area contributed by atoms with E-state index in [2.05, 4.69) is 22.2 Å². The molecule has 0 aliphatic carbocycles. The van der Waals surface area contributed by atoms with E-state index in [0.29, 0.717) is 0 Å². The van der Waals surface area contributed by atoms with E-state index in [-0.39, 0.29) is 6.04 Å². The number of hydrogen-bond donors (Lipinski definition) is 2. The SMILES string of the molecule is CCCCCN[C@H]1c2cc3nccnc3cc2OC(C)(C)[C@@H]1O. The number of fused-ring (bicyclic) bond motifs is 2. The lowest BCUT2D eigenvalue weighted by Gasteiger charge is -2.42. The number of nitrogens with zero attached hydrogens (tertiary/aromatic N) is 2. The van der Waals surface area contributed by atoms with Crippen LogP contribution in [-0.2, 0) is 0 Å². The summed E-state index contributed by atoms with van der Waals surface area (Å²) >= 11 is 0. The van der Waals surface area contributed by atoms with Crippen molar-refractivity contribution in [3.8, 4) is 5.75 Å². The van der Waals surface area contributed by atoms with Gasteiger partial charge in [-0.15, -0.1) is 0 Å². The molecule has 2 N–H and O–H groups in total. The molecule has 2 heterocycles. The Bertz CT molecular complexity index is 687. The maximum Gasteiger partial charge on any atom is 0.131 e. The molecule has 0 spiro atoms. The summed E-state index contributed by atoms with van der Waals surface area (Å²) < 4.78 is 6.04. The Morgan fingerprint density at radius 2 is 1.87 bits per heavy atom. The average Bonchev–Trinajstić information content (AvgIpc) is 2.53. The summed E-state index contributed by atoms with van der Waals surface area (Å²) in [6, 6.07) is 3.75. The van der Waals surface area contributed by atoms with Gasteiger partial charge in [0, 0.05) is 24.0 Å². The van der Waals surface area contributed by atoms with Crippen molar-refractivity contribution in [1.82, 2.24) is 15.3 Å². The number of ether oxygens (including phenoxy) is 1. The van der Waals surface area contributed by atoms with Crippen molar-refractivity contribution in [3.05, 3.63) is 30.1 Å². The van der Waals surface area contributed by atoms with Crippen LogP contribution in [0.25, 0.3) is 11.0 Å². The van der Waals surface area contributed by atoms with Gasteiger partial charge in [0.05, 0.1) is 17.1 Å². The van der Waals surface area contributed by atoms with Gasteiger partial charge in [-0.1, -0.05) is 19.8 Å². The molecule has 1 aromatic heterocycles. The van der Waals surface area contributed by atoms with E-state index >= 15 is 0 Å². The van der Waals surface area contributed by atoms with Gasteiger partial charge in [-0.3, -0.25) is 9.97 Å². The molecule has 0 fully saturated rings. The molecular weight excluding hydrogens is 290 g/mol. The van der Waals surface area contributed by atoms with E-state index in [1.54, 1.807) is 12.4 Å². The number of aromatic nitrogens is 2. The summed E-state index contributed by atoms with van der Waals surface area (Å²) in [5.74, 6) is 0.779. The molecule has 124 valence electrons. The Morgan fingerprint density at radius 3 is 2.57 bits per heavy atom. The lowest BCUT2D eigenvalue weighted by atomic mass is 9.86. The molecule has 1 aliphatic heterocycles. The van der Waals surface area contributed by atoms with E-state index in [1.807, 2.05) is 26.0 Å². The number of rotatable bonds is 5. The molecule has 0 saturated carbocycles. The van der Waals surface area contributed by atoms with E-state index < -0.39 is 11.7 Å². The number of aliphatic hydroxyl groups excluding tert-OH is 1. The molecule has 0 bridgehead atoms. The first-order valence-electron chi connectivity index (χ1n) is 8.38. The van der Waals surface area contributed by atoms with Crippen LogP contribution in [0.2, 0.25) is 0 Å². The second-order valence-corrected chi connectivity index (χ2v) is 6.72. The molecule has 5 nitrogen and oxygen atoms in total. The van der Waals surface area contributed by atoms with Crippen LogP contribution in [0, 0.1) is 0 Å². The number of nitrogens with one attached hydrogen (secondary N) is 1. The minimum atomic E-state index is -0.648. The van der Waals surface area contributed by atoms with Gasteiger partial charge in [0.25, 0.3) is 0 Å². The molecule has 3 rings (SSSR count). The number of hydrogen-bond acceptors (Lipinski definition) is 5. The van der Waals surface area contributed by atoms with E-state index in [9.17, 15) is 5.11 Å². The van der Waals surface area contributed by atoms with Gasteiger partial charge >= 0.3 is 0 Å². The largest absolute Gasteiger partial charge is 0.485 e. The highest BCUT2D eigenvalue weighted by Gasteiger charge is 2.42. The molecule has 2 atom stereocenters. The topological polar surface area (TPSA) is 67.3 Å². The van der Waals surface area contributed by atoms with Crippen LogP contribution >= 0.6 is 0 Å². The molecule has 0 radical (unpaired) electrons. The number of benzene rings is 1. The number of aliphatic hydroxyl groups is 1. The van der Waals surface area contributed by atoms with Crippen LogP contribution in [0.3, 0.4) is 0 Å². The molecule has 0 saturated heterocycles. The fraction of sp³-hybridized carbons (Fsp3) is 0.556. The van der Waals surface area contributed by atoms with Crippen LogP contribution in [0.5, 0.6) is 5.75 Å². The molecule has 0 amide bonds. The van der Waals surface area contributed by atoms with Crippen molar-refractivity contribution < 1.29 is 9.84 Å². The summed E-state index contributed by atoms with van der Waals surface area (Å²) in [4.78, 5) is 8.71. The maximum absolute atomic E-state index is 10.7. The van der Waals surface area contributed by atoms with Gasteiger partial charge in [0.2, 0.25) is 0 Å². The zero-order chi connectivity index (χ0) is 16.4. The normalized spacial score (nSPS) is 22.6. The van der Waals surface area contributed by atoms with E-state index in [1.165, 1.54) is 12.8 Å². The highest BCUT2D eigenvalue weighted by atomic mass is 16.5. The van der Waals surface area contributed by atoms with Crippen molar-refractivity contribution >= 4 is 11.0 Å². The zero-order valence-corrected chi connectivity index (χ0v) is 14.0. The summed E-state index contributed by atoms with van der Waals surface area (Å²) in [7, 11) is 0. The van der Waals surface area contributed by atoms with Gasteiger partial charge in [-0.2, -0.15) is 0 Å². The van der Waals surface area contributed by atoms with Crippen molar-refractivity contribution in [3.63, 3.8) is 0 Å². The van der Waals surface area contributed by atoms with Gasteiger partial charge in [0.1, 0.15) is 17.5 Å². The molecule has 2 aromatic rings. The van der Waals surface area contributed by atoms with Gasteiger partial charge in [-0.05, 0) is 32.9 Å². The average molecular weight is 315 g/mol. The first-order chi connectivity index (χ1) is 11.0. The third kappa shape index (κ3) is 3.16. The van der Waals surface area contributed by atoms with Crippen LogP contribution in [-0.4, -0.2) is 33.3 Å². The van der Waals surface area contributed by atoms with Crippen molar-refractivity contribution in [1.29, 1.82) is 0 Å². The monoisotopic (exact) mass is 315 g/mol. The van der Waals surface area contributed by atoms with Gasteiger partial charge < -0.3 is 15.2 Å². The number of unbranched alkanes of at least 4 members (excludes halogenated alkanes) is 2. The lowest BCUT2D eigenvalue weighted by Crippen LogP contribution is -2.52. The maximum atomic E-state index is 10.7. The smallest absolute Gasteiger partial charge is 0.131 e. The Kier molecular flexibility index (Phi) is 4.50. The van der Waals surface area contributed by atoms with Crippen molar-refractivity contribution in [2.75, 3.05) is 6.54 Å². The van der Waals surface area contributed by atoms with Crippen LogP contribution < -0.4 is 10.1 Å². The van der Waals surface area contributed by atoms with Gasteiger partial charge in [-0.25, -0.2) is 0 Å². The standard InChI is InChI=1S/C18H25N3O2/c1-4-5-6-7-21-16-12-10-13-14(20-9-8-19-13)11-15(12)23-18(2,3)17(16)22/h8-11,16-17,21-22H,4-7H2,1-3H3/t16-,17+/m0/s1. The van der Waals surface area contributed by atoms with Crippen molar-refractivity contribution in [2.24, 2.45) is 0 Å². The molecule has 0 unspecified atom stereocenters. The first-order valence-corrected chi connectivity index (χ1v) is 8.38. The molecular formula is C18H25N3O2. The third-order valence-electron chi connectivity index (χ3n) is 4.48.